The second-order valence-electron chi connectivity index (χ2n) is 4.81. The van der Waals surface area contributed by atoms with Gasteiger partial charge in [0.1, 0.15) is 0 Å². The summed E-state index contributed by atoms with van der Waals surface area (Å²) in [6.45, 7) is 2.51. The third-order valence-electron chi connectivity index (χ3n) is 3.36. The Kier molecular flexibility index (Phi) is 4.57. The van der Waals surface area contributed by atoms with Gasteiger partial charge in [0.2, 0.25) is 5.91 Å². The zero-order chi connectivity index (χ0) is 15.2. The molecule has 0 aliphatic rings. The van der Waals surface area contributed by atoms with Crippen LogP contribution in [-0.2, 0) is 18.4 Å². The highest BCUT2D eigenvalue weighted by Crippen LogP contribution is 2.07. The SMILES string of the molecule is Cc1ccc(CNC(=O)C=Cc2cccc(C#N)c2)n1C. The van der Waals surface area contributed by atoms with Gasteiger partial charge >= 0.3 is 0 Å². The second kappa shape index (κ2) is 6.58. The Morgan fingerprint density at radius 3 is 2.86 bits per heavy atom. The highest BCUT2D eigenvalue weighted by Gasteiger charge is 2.02. The number of carbonyl (C=O) groups is 1. The smallest absolute Gasteiger partial charge is 0.244 e. The van der Waals surface area contributed by atoms with Crippen molar-refractivity contribution in [3.8, 4) is 6.07 Å². The lowest BCUT2D eigenvalue weighted by atomic mass is 10.1. The zero-order valence-electron chi connectivity index (χ0n) is 12.1. The summed E-state index contributed by atoms with van der Waals surface area (Å²) in [6.07, 6.45) is 3.18. The lowest BCUT2D eigenvalue weighted by Gasteiger charge is -2.05. The van der Waals surface area contributed by atoms with Crippen LogP contribution in [0.3, 0.4) is 0 Å². The van der Waals surface area contributed by atoms with Crippen molar-refractivity contribution in [2.75, 3.05) is 0 Å². The summed E-state index contributed by atoms with van der Waals surface area (Å²) in [6, 6.07) is 13.2. The fourth-order valence-corrected chi connectivity index (χ4v) is 1.96. The predicted molar refractivity (Wildman–Crippen MR) is 82.2 cm³/mol. The summed E-state index contributed by atoms with van der Waals surface area (Å²) < 4.78 is 2.04. The third kappa shape index (κ3) is 3.83. The first kappa shape index (κ1) is 14.6. The second-order valence-corrected chi connectivity index (χ2v) is 4.81. The molecular formula is C17H17N3O. The Bertz CT molecular complexity index is 720. The Balaban J connectivity index is 1.94. The van der Waals surface area contributed by atoms with Crippen molar-refractivity contribution in [1.29, 1.82) is 5.26 Å². The largest absolute Gasteiger partial charge is 0.350 e. The van der Waals surface area contributed by atoms with E-state index in [4.69, 9.17) is 5.26 Å². The Hall–Kier alpha value is -2.80. The number of nitrogens with one attached hydrogen (secondary N) is 1. The molecule has 0 spiro atoms. The van der Waals surface area contributed by atoms with Gasteiger partial charge in [0.05, 0.1) is 18.2 Å². The summed E-state index contributed by atoms with van der Waals surface area (Å²) in [5.74, 6) is -0.156. The highest BCUT2D eigenvalue weighted by atomic mass is 16.1. The molecule has 2 rings (SSSR count). The van der Waals surface area contributed by atoms with E-state index in [0.717, 1.165) is 17.0 Å². The van der Waals surface area contributed by atoms with Crippen molar-refractivity contribution in [3.05, 3.63) is 65.0 Å². The number of hydrogen-bond acceptors (Lipinski definition) is 2. The fraction of sp³-hybridized carbons (Fsp3) is 0.176. The van der Waals surface area contributed by atoms with Gasteiger partial charge in [-0.05, 0) is 42.8 Å². The van der Waals surface area contributed by atoms with Gasteiger partial charge < -0.3 is 9.88 Å². The van der Waals surface area contributed by atoms with E-state index >= 15 is 0 Å². The number of aromatic nitrogens is 1. The highest BCUT2D eigenvalue weighted by molar-refractivity contribution is 5.91. The molecule has 106 valence electrons. The molecule has 0 aliphatic carbocycles. The molecule has 0 unspecified atom stereocenters. The molecule has 1 amide bonds. The minimum atomic E-state index is -0.156. The van der Waals surface area contributed by atoms with E-state index in [1.165, 1.54) is 6.08 Å². The number of carbonyl (C=O) groups excluding carboxylic acids is 1. The van der Waals surface area contributed by atoms with Crippen LogP contribution in [0.5, 0.6) is 0 Å². The van der Waals surface area contributed by atoms with Gasteiger partial charge in [-0.15, -0.1) is 0 Å². The molecule has 1 heterocycles. The lowest BCUT2D eigenvalue weighted by Crippen LogP contribution is -2.21. The molecular weight excluding hydrogens is 262 g/mol. The first-order valence-electron chi connectivity index (χ1n) is 6.67. The number of rotatable bonds is 4. The fourth-order valence-electron chi connectivity index (χ4n) is 1.96. The molecule has 2 aromatic rings. The van der Waals surface area contributed by atoms with Gasteiger partial charge in [-0.3, -0.25) is 4.79 Å². The van der Waals surface area contributed by atoms with Crippen molar-refractivity contribution in [2.24, 2.45) is 7.05 Å². The maximum atomic E-state index is 11.8. The van der Waals surface area contributed by atoms with Crippen LogP contribution in [0.15, 0.2) is 42.5 Å². The lowest BCUT2D eigenvalue weighted by molar-refractivity contribution is -0.116. The Morgan fingerprint density at radius 1 is 1.38 bits per heavy atom. The number of amides is 1. The van der Waals surface area contributed by atoms with Crippen molar-refractivity contribution in [1.82, 2.24) is 9.88 Å². The van der Waals surface area contributed by atoms with Crippen LogP contribution in [0.1, 0.15) is 22.5 Å². The van der Waals surface area contributed by atoms with Crippen molar-refractivity contribution in [3.63, 3.8) is 0 Å². The van der Waals surface area contributed by atoms with Crippen LogP contribution in [-0.4, -0.2) is 10.5 Å². The van der Waals surface area contributed by atoms with E-state index in [0.29, 0.717) is 12.1 Å². The van der Waals surface area contributed by atoms with E-state index in [9.17, 15) is 4.79 Å². The van der Waals surface area contributed by atoms with Gasteiger partial charge in [-0.1, -0.05) is 12.1 Å². The molecule has 0 radical (unpaired) electrons. The van der Waals surface area contributed by atoms with Crippen LogP contribution < -0.4 is 5.32 Å². The molecule has 0 saturated carbocycles. The third-order valence-corrected chi connectivity index (χ3v) is 3.36. The molecule has 4 nitrogen and oxygen atoms in total. The Labute approximate surface area is 124 Å². The summed E-state index contributed by atoms with van der Waals surface area (Å²) in [5, 5.41) is 11.7. The number of nitriles is 1. The van der Waals surface area contributed by atoms with Gasteiger partial charge in [-0.25, -0.2) is 0 Å². The van der Waals surface area contributed by atoms with Crippen LogP contribution in [0.2, 0.25) is 0 Å². The minimum Gasteiger partial charge on any atom is -0.350 e. The Morgan fingerprint density at radius 2 is 2.19 bits per heavy atom. The first-order chi connectivity index (χ1) is 10.1. The molecule has 21 heavy (non-hydrogen) atoms. The molecule has 1 N–H and O–H groups in total. The van der Waals surface area contributed by atoms with Crippen molar-refractivity contribution < 1.29 is 4.79 Å². The maximum absolute atomic E-state index is 11.8. The average molecular weight is 279 g/mol. The number of benzene rings is 1. The molecule has 1 aromatic heterocycles. The monoisotopic (exact) mass is 279 g/mol. The predicted octanol–water partition coefficient (Wildman–Crippen LogP) is 2.53. The number of aryl methyl sites for hydroxylation is 1. The quantitative estimate of drug-likeness (QED) is 0.874. The van der Waals surface area contributed by atoms with Crippen LogP contribution in [0, 0.1) is 18.3 Å². The molecule has 0 fully saturated rings. The molecule has 0 atom stereocenters. The maximum Gasteiger partial charge on any atom is 0.244 e. The number of nitrogens with zero attached hydrogens (tertiary/aromatic N) is 2. The van der Waals surface area contributed by atoms with Gasteiger partial charge in [0.15, 0.2) is 0 Å². The van der Waals surface area contributed by atoms with Crippen molar-refractivity contribution in [2.45, 2.75) is 13.5 Å². The van der Waals surface area contributed by atoms with Gasteiger partial charge in [-0.2, -0.15) is 5.26 Å². The molecule has 0 aliphatic heterocycles. The standard InChI is InChI=1S/C17H17N3O/c1-13-6-8-16(20(13)2)12-19-17(21)9-7-14-4-3-5-15(10-14)11-18/h3-10H,12H2,1-2H3,(H,19,21). The molecule has 0 saturated heterocycles. The normalized spacial score (nSPS) is 10.5. The van der Waals surface area contributed by atoms with E-state index in [1.54, 1.807) is 24.3 Å². The van der Waals surface area contributed by atoms with E-state index in [1.807, 2.05) is 36.7 Å². The summed E-state index contributed by atoms with van der Waals surface area (Å²) in [7, 11) is 1.97. The van der Waals surface area contributed by atoms with E-state index in [2.05, 4.69) is 11.4 Å². The summed E-state index contributed by atoms with van der Waals surface area (Å²) in [4.78, 5) is 11.8. The van der Waals surface area contributed by atoms with Crippen LogP contribution in [0.4, 0.5) is 0 Å². The minimum absolute atomic E-state index is 0.156. The first-order valence-corrected chi connectivity index (χ1v) is 6.67. The van der Waals surface area contributed by atoms with Crippen LogP contribution in [0.25, 0.3) is 6.08 Å². The molecule has 0 bridgehead atoms. The zero-order valence-corrected chi connectivity index (χ0v) is 12.1. The number of hydrogen-bond donors (Lipinski definition) is 1. The summed E-state index contributed by atoms with van der Waals surface area (Å²) >= 11 is 0. The molecule has 1 aromatic carbocycles. The van der Waals surface area contributed by atoms with E-state index in [-0.39, 0.29) is 5.91 Å². The van der Waals surface area contributed by atoms with E-state index < -0.39 is 0 Å². The topological polar surface area (TPSA) is 57.8 Å². The van der Waals surface area contributed by atoms with Gasteiger partial charge in [0.25, 0.3) is 0 Å². The van der Waals surface area contributed by atoms with Gasteiger partial charge in [0, 0.05) is 24.5 Å². The average Bonchev–Trinajstić information content (AvgIpc) is 2.83. The summed E-state index contributed by atoms with van der Waals surface area (Å²) in [5.41, 5.74) is 3.62. The van der Waals surface area contributed by atoms with Crippen LogP contribution >= 0.6 is 0 Å². The van der Waals surface area contributed by atoms with Crippen molar-refractivity contribution >= 4 is 12.0 Å². The molecule has 4 heteroatoms.